The van der Waals surface area contributed by atoms with Crippen molar-refractivity contribution in [2.45, 2.75) is 32.3 Å². The number of nitrogens with zero attached hydrogens (tertiary/aromatic N) is 2. The van der Waals surface area contributed by atoms with Crippen molar-refractivity contribution in [3.63, 3.8) is 0 Å². The lowest BCUT2D eigenvalue weighted by atomic mass is 9.92. The molecule has 0 radical (unpaired) electrons. The summed E-state index contributed by atoms with van der Waals surface area (Å²) in [5.41, 5.74) is 3.20. The van der Waals surface area contributed by atoms with Gasteiger partial charge in [-0.2, -0.15) is 0 Å². The standard InChI is InChI=1S/C19H23N3O3/c1-12-5-6-15-14(9-12)13(2)16(20-15)17(23)22-8-4-7-19(11-22)10-21(3)18(24)25-19/h5-6,9,20H,4,7-8,10-11H2,1-3H3/t19-/m0/s1. The molecule has 6 heteroatoms. The van der Waals surface area contributed by atoms with Crippen molar-refractivity contribution in [3.05, 3.63) is 35.0 Å². The second kappa shape index (κ2) is 5.51. The zero-order valence-corrected chi connectivity index (χ0v) is 14.9. The number of H-pyrrole nitrogens is 1. The van der Waals surface area contributed by atoms with Crippen LogP contribution >= 0.6 is 0 Å². The summed E-state index contributed by atoms with van der Waals surface area (Å²) in [5.74, 6) is -0.0176. The molecule has 132 valence electrons. The predicted octanol–water partition coefficient (Wildman–Crippen LogP) is 2.84. The summed E-state index contributed by atoms with van der Waals surface area (Å²) in [5, 5.41) is 1.09. The monoisotopic (exact) mass is 341 g/mol. The summed E-state index contributed by atoms with van der Waals surface area (Å²) in [4.78, 5) is 31.6. The lowest BCUT2D eigenvalue weighted by Crippen LogP contribution is -2.52. The van der Waals surface area contributed by atoms with Gasteiger partial charge in [0.1, 0.15) is 11.3 Å². The van der Waals surface area contributed by atoms with E-state index in [4.69, 9.17) is 4.74 Å². The van der Waals surface area contributed by atoms with Crippen molar-refractivity contribution in [1.29, 1.82) is 0 Å². The van der Waals surface area contributed by atoms with Gasteiger partial charge in [-0.05, 0) is 44.4 Å². The van der Waals surface area contributed by atoms with Crippen LogP contribution in [0.4, 0.5) is 4.79 Å². The summed E-state index contributed by atoms with van der Waals surface area (Å²) in [6.07, 6.45) is 1.34. The molecule has 25 heavy (non-hydrogen) atoms. The number of ether oxygens (including phenoxy) is 1. The van der Waals surface area contributed by atoms with Crippen LogP contribution < -0.4 is 0 Å². The number of hydrogen-bond acceptors (Lipinski definition) is 3. The number of likely N-dealkylation sites (tertiary alicyclic amines) is 1. The van der Waals surface area contributed by atoms with Crippen molar-refractivity contribution in [2.24, 2.45) is 0 Å². The third-order valence-electron chi connectivity index (χ3n) is 5.40. The molecule has 1 N–H and O–H groups in total. The second-order valence-corrected chi connectivity index (χ2v) is 7.41. The average Bonchev–Trinajstić information content (AvgIpc) is 3.04. The molecule has 4 rings (SSSR count). The molecule has 2 aliphatic heterocycles. The number of carbonyl (C=O) groups excluding carboxylic acids is 2. The van der Waals surface area contributed by atoms with Crippen molar-refractivity contribution >= 4 is 22.9 Å². The molecule has 0 unspecified atom stereocenters. The number of aromatic nitrogens is 1. The van der Waals surface area contributed by atoms with Crippen LogP contribution in [0.3, 0.4) is 0 Å². The molecule has 2 saturated heterocycles. The fourth-order valence-corrected chi connectivity index (χ4v) is 4.09. The number of rotatable bonds is 1. The van der Waals surface area contributed by atoms with Gasteiger partial charge in [0.05, 0.1) is 13.1 Å². The summed E-state index contributed by atoms with van der Waals surface area (Å²) in [7, 11) is 1.74. The van der Waals surface area contributed by atoms with Gasteiger partial charge >= 0.3 is 6.09 Å². The number of likely N-dealkylation sites (N-methyl/N-ethyl adjacent to an activating group) is 1. The molecule has 1 aromatic heterocycles. The van der Waals surface area contributed by atoms with Gasteiger partial charge < -0.3 is 19.5 Å². The van der Waals surface area contributed by atoms with E-state index in [1.54, 1.807) is 11.9 Å². The van der Waals surface area contributed by atoms with Gasteiger partial charge in [0.2, 0.25) is 0 Å². The normalized spacial score (nSPS) is 23.6. The Bertz CT molecular complexity index is 872. The quantitative estimate of drug-likeness (QED) is 0.867. The Kier molecular flexibility index (Phi) is 3.52. The van der Waals surface area contributed by atoms with Crippen LogP contribution in [0, 0.1) is 13.8 Å². The number of aromatic amines is 1. The van der Waals surface area contributed by atoms with Crippen molar-refractivity contribution in [1.82, 2.24) is 14.8 Å². The second-order valence-electron chi connectivity index (χ2n) is 7.41. The number of carbonyl (C=O) groups is 2. The molecule has 1 aromatic carbocycles. The Morgan fingerprint density at radius 3 is 2.80 bits per heavy atom. The highest BCUT2D eigenvalue weighted by Crippen LogP contribution is 2.32. The van der Waals surface area contributed by atoms with Crippen LogP contribution in [0.1, 0.15) is 34.5 Å². The fourth-order valence-electron chi connectivity index (χ4n) is 4.09. The maximum Gasteiger partial charge on any atom is 0.410 e. The van der Waals surface area contributed by atoms with Gasteiger partial charge in [-0.3, -0.25) is 4.79 Å². The number of piperidine rings is 1. The van der Waals surface area contributed by atoms with Crippen molar-refractivity contribution in [3.8, 4) is 0 Å². The zero-order chi connectivity index (χ0) is 17.8. The van der Waals surface area contributed by atoms with E-state index in [-0.39, 0.29) is 12.0 Å². The minimum Gasteiger partial charge on any atom is -0.439 e. The Morgan fingerprint density at radius 2 is 2.08 bits per heavy atom. The highest BCUT2D eigenvalue weighted by Gasteiger charge is 2.47. The first-order valence-corrected chi connectivity index (χ1v) is 8.71. The summed E-state index contributed by atoms with van der Waals surface area (Å²) in [6, 6.07) is 6.15. The molecule has 0 bridgehead atoms. The van der Waals surface area contributed by atoms with Crippen LogP contribution in [0.15, 0.2) is 18.2 Å². The first-order chi connectivity index (χ1) is 11.9. The molecule has 6 nitrogen and oxygen atoms in total. The smallest absolute Gasteiger partial charge is 0.410 e. The summed E-state index contributed by atoms with van der Waals surface area (Å²) >= 11 is 0. The number of aryl methyl sites for hydroxylation is 2. The van der Waals surface area contributed by atoms with Crippen LogP contribution in [-0.2, 0) is 4.74 Å². The average molecular weight is 341 g/mol. The van der Waals surface area contributed by atoms with Crippen LogP contribution in [0.25, 0.3) is 10.9 Å². The van der Waals surface area contributed by atoms with E-state index in [9.17, 15) is 9.59 Å². The highest BCUT2D eigenvalue weighted by atomic mass is 16.6. The van der Waals surface area contributed by atoms with Crippen molar-refractivity contribution in [2.75, 3.05) is 26.7 Å². The molecule has 0 saturated carbocycles. The molecule has 1 atom stereocenters. The molecule has 2 amide bonds. The Labute approximate surface area is 146 Å². The van der Waals surface area contributed by atoms with E-state index in [1.807, 2.05) is 30.9 Å². The van der Waals surface area contributed by atoms with E-state index in [2.05, 4.69) is 11.1 Å². The van der Waals surface area contributed by atoms with Gasteiger partial charge in [0, 0.05) is 24.5 Å². The van der Waals surface area contributed by atoms with E-state index in [0.29, 0.717) is 25.3 Å². The SMILES string of the molecule is Cc1ccc2[nH]c(C(=O)N3CCC[C@]4(CN(C)C(=O)O4)C3)c(C)c2c1. The summed E-state index contributed by atoms with van der Waals surface area (Å²) in [6.45, 7) is 5.72. The zero-order valence-electron chi connectivity index (χ0n) is 14.9. The number of hydrogen-bond donors (Lipinski definition) is 1. The van der Waals surface area contributed by atoms with E-state index in [0.717, 1.165) is 29.3 Å². The predicted molar refractivity (Wildman–Crippen MR) is 94.8 cm³/mol. The molecule has 2 aromatic rings. The maximum atomic E-state index is 13.1. The molecular formula is C19H23N3O3. The topological polar surface area (TPSA) is 65.6 Å². The molecule has 3 heterocycles. The molecule has 2 aliphatic rings. The number of benzene rings is 1. The summed E-state index contributed by atoms with van der Waals surface area (Å²) < 4.78 is 5.61. The molecule has 1 spiro atoms. The van der Waals surface area contributed by atoms with E-state index < -0.39 is 5.60 Å². The van der Waals surface area contributed by atoms with Crippen LogP contribution in [0.5, 0.6) is 0 Å². The maximum absolute atomic E-state index is 13.1. The van der Waals surface area contributed by atoms with E-state index in [1.165, 1.54) is 5.56 Å². The Morgan fingerprint density at radius 1 is 1.28 bits per heavy atom. The minimum absolute atomic E-state index is 0.0176. The number of nitrogens with one attached hydrogen (secondary N) is 1. The fraction of sp³-hybridized carbons (Fsp3) is 0.474. The third kappa shape index (κ3) is 2.56. The lowest BCUT2D eigenvalue weighted by Gasteiger charge is -2.38. The van der Waals surface area contributed by atoms with Crippen molar-refractivity contribution < 1.29 is 14.3 Å². The van der Waals surface area contributed by atoms with E-state index >= 15 is 0 Å². The molecule has 2 fully saturated rings. The van der Waals surface area contributed by atoms with Gasteiger partial charge in [-0.15, -0.1) is 0 Å². The molecular weight excluding hydrogens is 318 g/mol. The number of amides is 2. The molecule has 0 aliphatic carbocycles. The van der Waals surface area contributed by atoms with Gasteiger partial charge in [0.15, 0.2) is 0 Å². The Balaban J connectivity index is 1.63. The number of fused-ring (bicyclic) bond motifs is 1. The van der Waals surface area contributed by atoms with Gasteiger partial charge in [0.25, 0.3) is 5.91 Å². The largest absolute Gasteiger partial charge is 0.439 e. The third-order valence-corrected chi connectivity index (χ3v) is 5.40. The van der Waals surface area contributed by atoms with Gasteiger partial charge in [-0.25, -0.2) is 4.79 Å². The minimum atomic E-state index is -0.559. The Hall–Kier alpha value is -2.50. The highest BCUT2D eigenvalue weighted by molar-refractivity contribution is 6.01. The van der Waals surface area contributed by atoms with Crippen LogP contribution in [-0.4, -0.2) is 59.1 Å². The lowest BCUT2D eigenvalue weighted by molar-refractivity contribution is -0.00540. The van der Waals surface area contributed by atoms with Crippen LogP contribution in [0.2, 0.25) is 0 Å². The first kappa shape index (κ1) is 16.0. The van der Waals surface area contributed by atoms with Gasteiger partial charge in [-0.1, -0.05) is 11.6 Å². The first-order valence-electron chi connectivity index (χ1n) is 8.71.